The quantitative estimate of drug-likeness (QED) is 0.717. The fourth-order valence-corrected chi connectivity index (χ4v) is 5.63. The van der Waals surface area contributed by atoms with Gasteiger partial charge in [0.2, 0.25) is 10.0 Å². The molecule has 0 saturated heterocycles. The van der Waals surface area contributed by atoms with Crippen LogP contribution in [0.5, 0.6) is 0 Å². The Hall–Kier alpha value is -2.71. The van der Waals surface area contributed by atoms with Crippen LogP contribution in [-0.2, 0) is 26.0 Å². The van der Waals surface area contributed by atoms with E-state index in [1.54, 1.807) is 37.4 Å². The van der Waals surface area contributed by atoms with Gasteiger partial charge in [-0.2, -0.15) is 4.31 Å². The third kappa shape index (κ3) is 4.50. The molecule has 31 heavy (non-hydrogen) atoms. The molecule has 0 bridgehead atoms. The van der Waals surface area contributed by atoms with Crippen molar-refractivity contribution in [3.05, 3.63) is 59.7 Å². The van der Waals surface area contributed by atoms with Gasteiger partial charge in [-0.05, 0) is 48.7 Å². The van der Waals surface area contributed by atoms with Crippen molar-refractivity contribution in [2.75, 3.05) is 12.4 Å². The molecule has 8 heteroatoms. The van der Waals surface area contributed by atoms with E-state index in [1.807, 2.05) is 6.07 Å². The van der Waals surface area contributed by atoms with Crippen LogP contribution in [0.2, 0.25) is 0 Å². The highest BCUT2D eigenvalue weighted by Crippen LogP contribution is 2.27. The number of esters is 1. The molecule has 4 rings (SSSR count). The van der Waals surface area contributed by atoms with Crippen LogP contribution in [0.15, 0.2) is 53.4 Å². The Morgan fingerprint density at radius 2 is 1.71 bits per heavy atom. The lowest BCUT2D eigenvalue weighted by Gasteiger charge is -2.30. The van der Waals surface area contributed by atoms with Crippen LogP contribution in [0.1, 0.15) is 48.0 Å². The first-order valence-corrected chi connectivity index (χ1v) is 12.0. The molecule has 164 valence electrons. The smallest absolute Gasteiger partial charge is 0.339 e. The molecule has 0 aromatic heterocycles. The van der Waals surface area contributed by atoms with Crippen LogP contribution in [0.3, 0.4) is 0 Å². The highest BCUT2D eigenvalue weighted by molar-refractivity contribution is 7.89. The molecule has 1 heterocycles. The van der Waals surface area contributed by atoms with Crippen molar-refractivity contribution < 1.29 is 22.7 Å². The summed E-state index contributed by atoms with van der Waals surface area (Å²) in [6.45, 7) is 0. The number of cyclic esters (lactones) is 1. The van der Waals surface area contributed by atoms with Gasteiger partial charge in [0.05, 0.1) is 10.5 Å². The van der Waals surface area contributed by atoms with E-state index in [-0.39, 0.29) is 10.9 Å². The number of carbonyl (C=O) groups is 2. The van der Waals surface area contributed by atoms with E-state index in [2.05, 4.69) is 5.32 Å². The molecule has 2 aliphatic rings. The zero-order valence-electron chi connectivity index (χ0n) is 17.4. The van der Waals surface area contributed by atoms with Crippen LogP contribution >= 0.6 is 0 Å². The molecule has 0 radical (unpaired) electrons. The SMILES string of the molecule is CN(C1CCCCC1)S(=O)(=O)c1ccc(NC(=O)[C@@H]2Cc3ccccc3C(=O)O2)cc1. The number of ether oxygens (including phenoxy) is 1. The number of anilines is 1. The van der Waals surface area contributed by atoms with Crippen molar-refractivity contribution in [3.63, 3.8) is 0 Å². The topological polar surface area (TPSA) is 92.8 Å². The van der Waals surface area contributed by atoms with Gasteiger partial charge in [-0.25, -0.2) is 13.2 Å². The molecule has 0 unspecified atom stereocenters. The summed E-state index contributed by atoms with van der Waals surface area (Å²) >= 11 is 0. The van der Waals surface area contributed by atoms with Crippen LogP contribution in [0.25, 0.3) is 0 Å². The van der Waals surface area contributed by atoms with Crippen LogP contribution in [-0.4, -0.2) is 43.8 Å². The third-order valence-corrected chi connectivity index (χ3v) is 8.00. The number of sulfonamides is 1. The lowest BCUT2D eigenvalue weighted by molar-refractivity contribution is -0.125. The van der Waals surface area contributed by atoms with Gasteiger partial charge in [0.1, 0.15) is 0 Å². The summed E-state index contributed by atoms with van der Waals surface area (Å²) in [5, 5.41) is 2.71. The second-order valence-corrected chi connectivity index (χ2v) is 10.1. The number of nitrogens with one attached hydrogen (secondary N) is 1. The maximum absolute atomic E-state index is 12.9. The number of rotatable bonds is 5. The minimum absolute atomic E-state index is 0.0296. The number of hydrogen-bond acceptors (Lipinski definition) is 5. The van der Waals surface area contributed by atoms with Gasteiger partial charge in [0.25, 0.3) is 5.91 Å². The molecular weight excluding hydrogens is 416 g/mol. The van der Waals surface area contributed by atoms with Crippen molar-refractivity contribution >= 4 is 27.6 Å². The molecule has 1 aliphatic heterocycles. The predicted octanol–water partition coefficient (Wildman–Crippen LogP) is 3.36. The van der Waals surface area contributed by atoms with Crippen molar-refractivity contribution in [2.24, 2.45) is 0 Å². The Bertz CT molecular complexity index is 1080. The van der Waals surface area contributed by atoms with E-state index in [4.69, 9.17) is 4.74 Å². The van der Waals surface area contributed by atoms with Crippen LogP contribution < -0.4 is 5.32 Å². The summed E-state index contributed by atoms with van der Waals surface area (Å²) in [5.41, 5.74) is 1.69. The van der Waals surface area contributed by atoms with E-state index >= 15 is 0 Å². The first-order valence-electron chi connectivity index (χ1n) is 10.5. The standard InChI is InChI=1S/C23H26N2O5S/c1-25(18-8-3-2-4-9-18)31(28,29)19-13-11-17(12-14-19)24-22(26)21-15-16-7-5-6-10-20(16)23(27)30-21/h5-7,10-14,18,21H,2-4,8-9,15H2,1H3,(H,24,26)/t21-/m0/s1. The first kappa shape index (κ1) is 21.5. The molecule has 1 amide bonds. The van der Waals surface area contributed by atoms with Gasteiger partial charge in [-0.15, -0.1) is 0 Å². The average Bonchev–Trinajstić information content (AvgIpc) is 2.79. The molecule has 1 atom stereocenters. The minimum Gasteiger partial charge on any atom is -0.448 e. The Morgan fingerprint density at radius 3 is 2.42 bits per heavy atom. The fourth-order valence-electron chi connectivity index (χ4n) is 4.22. The summed E-state index contributed by atoms with van der Waals surface area (Å²) in [6.07, 6.45) is 4.38. The molecule has 0 spiro atoms. The van der Waals surface area contributed by atoms with E-state index in [9.17, 15) is 18.0 Å². The van der Waals surface area contributed by atoms with Crippen LogP contribution in [0.4, 0.5) is 5.69 Å². The van der Waals surface area contributed by atoms with Crippen molar-refractivity contribution in [1.29, 1.82) is 0 Å². The average molecular weight is 443 g/mol. The van der Waals surface area contributed by atoms with E-state index in [0.29, 0.717) is 17.7 Å². The summed E-state index contributed by atoms with van der Waals surface area (Å²) in [5.74, 6) is -0.966. The number of amides is 1. The number of carbonyl (C=O) groups excluding carboxylic acids is 2. The lowest BCUT2D eigenvalue weighted by Crippen LogP contribution is -2.38. The fraction of sp³-hybridized carbons (Fsp3) is 0.391. The highest BCUT2D eigenvalue weighted by Gasteiger charge is 2.32. The Balaban J connectivity index is 1.43. The van der Waals surface area contributed by atoms with Gasteiger partial charge in [-0.1, -0.05) is 37.5 Å². The normalized spacial score (nSPS) is 19.5. The highest BCUT2D eigenvalue weighted by atomic mass is 32.2. The van der Waals surface area contributed by atoms with Crippen LogP contribution in [0, 0.1) is 0 Å². The van der Waals surface area contributed by atoms with E-state index in [1.165, 1.54) is 16.4 Å². The molecule has 1 aliphatic carbocycles. The molecule has 1 fully saturated rings. The maximum atomic E-state index is 12.9. The van der Waals surface area contributed by atoms with Gasteiger partial charge in [0, 0.05) is 25.2 Å². The molecule has 1 N–H and O–H groups in total. The molecule has 7 nitrogen and oxygen atoms in total. The van der Waals surface area contributed by atoms with Gasteiger partial charge < -0.3 is 10.1 Å². The summed E-state index contributed by atoms with van der Waals surface area (Å²) in [4.78, 5) is 24.9. The number of nitrogens with zero attached hydrogens (tertiary/aromatic N) is 1. The summed E-state index contributed by atoms with van der Waals surface area (Å²) in [6, 6.07) is 13.2. The number of fused-ring (bicyclic) bond motifs is 1. The monoisotopic (exact) mass is 442 g/mol. The summed E-state index contributed by atoms with van der Waals surface area (Å²) < 4.78 is 32.6. The Labute approximate surface area is 182 Å². The second-order valence-electron chi connectivity index (χ2n) is 8.08. The number of hydrogen-bond donors (Lipinski definition) is 1. The van der Waals surface area contributed by atoms with Gasteiger partial charge in [0.15, 0.2) is 6.10 Å². The molecule has 1 saturated carbocycles. The third-order valence-electron chi connectivity index (χ3n) is 6.07. The Kier molecular flexibility index (Phi) is 6.11. The molecule has 2 aromatic carbocycles. The zero-order valence-corrected chi connectivity index (χ0v) is 18.2. The number of benzene rings is 2. The zero-order chi connectivity index (χ0) is 22.0. The first-order chi connectivity index (χ1) is 14.9. The van der Waals surface area contributed by atoms with Crippen molar-refractivity contribution in [3.8, 4) is 0 Å². The maximum Gasteiger partial charge on any atom is 0.339 e. The van der Waals surface area contributed by atoms with Crippen molar-refractivity contribution in [1.82, 2.24) is 4.31 Å². The summed E-state index contributed by atoms with van der Waals surface area (Å²) in [7, 11) is -1.96. The van der Waals surface area contributed by atoms with Crippen molar-refractivity contribution in [2.45, 2.75) is 55.6 Å². The molecular formula is C23H26N2O5S. The second kappa shape index (κ2) is 8.80. The molecule has 2 aromatic rings. The Morgan fingerprint density at radius 1 is 1.03 bits per heavy atom. The van der Waals surface area contributed by atoms with E-state index < -0.39 is 28.0 Å². The predicted molar refractivity (Wildman–Crippen MR) is 116 cm³/mol. The van der Waals surface area contributed by atoms with Gasteiger partial charge >= 0.3 is 5.97 Å². The van der Waals surface area contributed by atoms with Gasteiger partial charge in [-0.3, -0.25) is 4.79 Å². The van der Waals surface area contributed by atoms with E-state index in [0.717, 1.165) is 37.7 Å². The largest absolute Gasteiger partial charge is 0.448 e. The lowest BCUT2D eigenvalue weighted by atomic mass is 9.96. The minimum atomic E-state index is -3.59.